The maximum atomic E-state index is 7.43. The predicted octanol–water partition coefficient (Wildman–Crippen LogP) is 25.4. The lowest BCUT2D eigenvalue weighted by Crippen LogP contribution is -1.95. The van der Waals surface area contributed by atoms with Gasteiger partial charge in [0.1, 0.15) is 22.3 Å². The van der Waals surface area contributed by atoms with Crippen molar-refractivity contribution in [3.05, 3.63) is 334 Å². The van der Waals surface area contributed by atoms with Crippen LogP contribution in [-0.4, -0.2) is 4.57 Å². The maximum Gasteiger partial charge on any atom is 0.143 e. The first-order valence-electron chi connectivity index (χ1n) is 31.9. The minimum absolute atomic E-state index is 0.847. The van der Waals surface area contributed by atoms with Crippen LogP contribution < -0.4 is 0 Å². The molecule has 3 heteroatoms. The molecule has 0 amide bonds. The van der Waals surface area contributed by atoms with Crippen molar-refractivity contribution in [3.8, 4) is 94.7 Å². The third kappa shape index (κ3) is 8.59. The maximum absolute atomic E-state index is 7.43. The van der Waals surface area contributed by atoms with Crippen molar-refractivity contribution in [3.63, 3.8) is 0 Å². The molecule has 0 N–H and O–H groups in total. The van der Waals surface area contributed by atoms with Gasteiger partial charge in [0.2, 0.25) is 0 Å². The van der Waals surface area contributed by atoms with Crippen LogP contribution in [0.2, 0.25) is 0 Å². The minimum Gasteiger partial charge on any atom is -0.455 e. The fraction of sp³-hybridized carbons (Fsp3) is 0. The SMILES string of the molecule is c1ccc(-c2cc(-c3ccccc3)c3oc4c(-c5ccc6c(c5)c5cc(-c7cc(-c8ccccc8)cc8c7oc7c(-c9ccccc9)cc(-c9ccccc9)cc78)ccc5n6-c5ccc6c7ccccc7c7ccccc7c6c5)cc(-c5ccccc5)cc4c3c2)cc1. The van der Waals surface area contributed by atoms with Gasteiger partial charge in [0.15, 0.2) is 0 Å². The summed E-state index contributed by atoms with van der Waals surface area (Å²) in [4.78, 5) is 0. The molecule has 0 aliphatic rings. The van der Waals surface area contributed by atoms with Crippen molar-refractivity contribution < 1.29 is 8.83 Å². The third-order valence-corrected chi connectivity index (χ3v) is 19.3. The van der Waals surface area contributed by atoms with E-state index in [4.69, 9.17) is 8.83 Å². The Bertz CT molecular complexity index is 5850. The Balaban J connectivity index is 0.897. The molecule has 3 heterocycles. The summed E-state index contributed by atoms with van der Waals surface area (Å²) in [7, 11) is 0. The zero-order chi connectivity index (χ0) is 61.1. The van der Waals surface area contributed by atoms with Gasteiger partial charge in [0, 0.05) is 60.3 Å². The van der Waals surface area contributed by atoms with Crippen molar-refractivity contribution in [2.75, 3.05) is 0 Å². The molecule has 0 spiro atoms. The first-order valence-corrected chi connectivity index (χ1v) is 31.9. The highest BCUT2D eigenvalue weighted by molar-refractivity contribution is 6.26. The number of fused-ring (bicyclic) bond motifs is 15. The zero-order valence-electron chi connectivity index (χ0n) is 50.5. The molecule has 93 heavy (non-hydrogen) atoms. The van der Waals surface area contributed by atoms with Crippen molar-refractivity contribution >= 4 is 98.0 Å². The molecular weight excluding hydrogens is 1130 g/mol. The predicted molar refractivity (Wildman–Crippen MR) is 391 cm³/mol. The molecule has 0 saturated carbocycles. The molecule has 0 bridgehead atoms. The number of rotatable bonds is 9. The summed E-state index contributed by atoms with van der Waals surface area (Å²) in [6.07, 6.45) is 0. The van der Waals surface area contributed by atoms with Gasteiger partial charge in [-0.15, -0.1) is 0 Å². The summed E-state index contributed by atoms with van der Waals surface area (Å²) in [6, 6.07) is 122. The first-order chi connectivity index (χ1) is 46.1. The Morgan fingerprint density at radius 1 is 0.161 bits per heavy atom. The first kappa shape index (κ1) is 52.6. The summed E-state index contributed by atoms with van der Waals surface area (Å²) >= 11 is 0. The molecule has 3 nitrogen and oxygen atoms in total. The second kappa shape index (κ2) is 21.2. The Labute approximate surface area is 536 Å². The van der Waals surface area contributed by atoms with E-state index < -0.39 is 0 Å². The summed E-state index contributed by atoms with van der Waals surface area (Å²) in [5.74, 6) is 0. The minimum atomic E-state index is 0.847. The molecule has 432 valence electrons. The standard InChI is InChI=1S/C90H55NO2/c1-7-23-56(24-8-1)64-47-74(60-31-15-5-16-32-60)87-81(51-64)83-53-66(58-27-11-3-12-28-58)49-76(89(83)92-87)62-39-43-85-79(45-62)80-46-63(40-44-86(80)91(85)68-41-42-73-71-37-20-19-35-69(71)70-36-21-22-38-72(70)78(73)55-68)77-50-67(59-29-13-4-14-30-59)54-84-82-52-65(57-25-9-2-10-26-57)48-75(88(82)93-90(77)84)61-33-17-6-18-34-61/h1-55H. The molecular formula is C90H55NO2. The van der Waals surface area contributed by atoms with Crippen LogP contribution in [0.25, 0.3) is 193 Å². The zero-order valence-corrected chi connectivity index (χ0v) is 50.5. The highest BCUT2D eigenvalue weighted by atomic mass is 16.3. The fourth-order valence-electron chi connectivity index (χ4n) is 14.9. The van der Waals surface area contributed by atoms with E-state index in [1.165, 1.54) is 32.3 Å². The van der Waals surface area contributed by atoms with E-state index in [0.717, 1.165) is 160 Å². The summed E-state index contributed by atoms with van der Waals surface area (Å²) < 4.78 is 17.3. The van der Waals surface area contributed by atoms with E-state index in [-0.39, 0.29) is 0 Å². The number of hydrogen-bond acceptors (Lipinski definition) is 2. The number of benzene rings is 16. The average molecular weight is 1180 g/mol. The van der Waals surface area contributed by atoms with Gasteiger partial charge in [0.05, 0.1) is 11.0 Å². The number of aromatic nitrogens is 1. The molecule has 0 fully saturated rings. The lowest BCUT2D eigenvalue weighted by Gasteiger charge is -2.14. The van der Waals surface area contributed by atoms with Gasteiger partial charge in [-0.3, -0.25) is 0 Å². The summed E-state index contributed by atoms with van der Waals surface area (Å²) in [6.45, 7) is 0. The van der Waals surface area contributed by atoms with Crippen LogP contribution in [-0.2, 0) is 0 Å². The van der Waals surface area contributed by atoms with Gasteiger partial charge in [0.25, 0.3) is 0 Å². The molecule has 0 unspecified atom stereocenters. The lowest BCUT2D eigenvalue weighted by molar-refractivity contribution is 0.671. The fourth-order valence-corrected chi connectivity index (χ4v) is 14.9. The quantitative estimate of drug-likeness (QED) is 0.135. The molecule has 0 radical (unpaired) electrons. The van der Waals surface area contributed by atoms with Crippen LogP contribution in [0.15, 0.2) is 342 Å². The lowest BCUT2D eigenvalue weighted by atomic mass is 9.92. The van der Waals surface area contributed by atoms with Crippen molar-refractivity contribution in [1.82, 2.24) is 4.57 Å². The molecule has 0 atom stereocenters. The Kier molecular flexibility index (Phi) is 12.0. The number of furan rings is 2. The average Bonchev–Trinajstić information content (AvgIpc) is 1.67. The monoisotopic (exact) mass is 1180 g/mol. The van der Waals surface area contributed by atoms with Crippen LogP contribution in [0.5, 0.6) is 0 Å². The largest absolute Gasteiger partial charge is 0.455 e. The molecule has 16 aromatic carbocycles. The van der Waals surface area contributed by atoms with E-state index in [1.54, 1.807) is 0 Å². The normalized spacial score (nSPS) is 11.9. The Morgan fingerprint density at radius 2 is 0.430 bits per heavy atom. The van der Waals surface area contributed by atoms with E-state index in [1.807, 2.05) is 0 Å². The van der Waals surface area contributed by atoms with Crippen molar-refractivity contribution in [2.24, 2.45) is 0 Å². The van der Waals surface area contributed by atoms with Gasteiger partial charge in [-0.2, -0.15) is 0 Å². The second-order valence-corrected chi connectivity index (χ2v) is 24.6. The highest BCUT2D eigenvalue weighted by Gasteiger charge is 2.25. The van der Waals surface area contributed by atoms with Gasteiger partial charge in [-0.05, 0) is 184 Å². The van der Waals surface area contributed by atoms with Crippen LogP contribution in [0.4, 0.5) is 0 Å². The van der Waals surface area contributed by atoms with E-state index in [2.05, 4.69) is 338 Å². The number of hydrogen-bond donors (Lipinski definition) is 0. The molecule has 0 saturated heterocycles. The summed E-state index contributed by atoms with van der Waals surface area (Å²) in [5, 5.41) is 14.0. The van der Waals surface area contributed by atoms with E-state index >= 15 is 0 Å². The van der Waals surface area contributed by atoms with E-state index in [9.17, 15) is 0 Å². The molecule has 19 aromatic rings. The van der Waals surface area contributed by atoms with Crippen LogP contribution >= 0.6 is 0 Å². The van der Waals surface area contributed by atoms with Crippen LogP contribution in [0.3, 0.4) is 0 Å². The third-order valence-electron chi connectivity index (χ3n) is 19.3. The Morgan fingerprint density at radius 3 is 0.763 bits per heavy atom. The van der Waals surface area contributed by atoms with E-state index in [0.29, 0.717) is 0 Å². The molecule has 0 aliphatic carbocycles. The van der Waals surface area contributed by atoms with Gasteiger partial charge in [-0.25, -0.2) is 0 Å². The molecule has 3 aromatic heterocycles. The number of nitrogens with zero attached hydrogens (tertiary/aromatic N) is 1. The Hall–Kier alpha value is -12.3. The second-order valence-electron chi connectivity index (χ2n) is 24.6. The molecule has 0 aliphatic heterocycles. The van der Waals surface area contributed by atoms with Gasteiger partial charge in [-0.1, -0.05) is 249 Å². The van der Waals surface area contributed by atoms with Crippen LogP contribution in [0, 0.1) is 0 Å². The van der Waals surface area contributed by atoms with Crippen molar-refractivity contribution in [2.45, 2.75) is 0 Å². The smallest absolute Gasteiger partial charge is 0.143 e. The van der Waals surface area contributed by atoms with Crippen LogP contribution in [0.1, 0.15) is 0 Å². The van der Waals surface area contributed by atoms with Crippen molar-refractivity contribution in [1.29, 1.82) is 0 Å². The summed E-state index contributed by atoms with van der Waals surface area (Å²) in [5.41, 5.74) is 24.3. The topological polar surface area (TPSA) is 31.2 Å². The van der Waals surface area contributed by atoms with Gasteiger partial charge >= 0.3 is 0 Å². The molecule has 19 rings (SSSR count). The highest BCUT2D eigenvalue weighted by Crippen LogP contribution is 2.49. The van der Waals surface area contributed by atoms with Gasteiger partial charge < -0.3 is 13.4 Å².